The van der Waals surface area contributed by atoms with E-state index in [1.165, 1.54) is 12.1 Å². The van der Waals surface area contributed by atoms with Crippen molar-refractivity contribution in [2.75, 3.05) is 19.0 Å². The van der Waals surface area contributed by atoms with E-state index in [1.54, 1.807) is 48.4 Å². The summed E-state index contributed by atoms with van der Waals surface area (Å²) in [6.07, 6.45) is 4.39. The van der Waals surface area contributed by atoms with Gasteiger partial charge in [-0.15, -0.1) is 0 Å². The summed E-state index contributed by atoms with van der Waals surface area (Å²) in [4.78, 5) is 32.4. The fraction of sp³-hybridized carbons (Fsp3) is 0.348. The van der Waals surface area contributed by atoms with E-state index >= 15 is 0 Å². The maximum Gasteiger partial charge on any atom is 0.275 e. The fourth-order valence-corrected chi connectivity index (χ4v) is 4.18. The summed E-state index contributed by atoms with van der Waals surface area (Å²) in [5.41, 5.74) is 0.445. The van der Waals surface area contributed by atoms with E-state index in [9.17, 15) is 14.0 Å². The number of rotatable bonds is 5. The van der Waals surface area contributed by atoms with E-state index in [2.05, 4.69) is 5.32 Å². The van der Waals surface area contributed by atoms with Gasteiger partial charge in [-0.3, -0.25) is 14.6 Å². The average molecular weight is 409 g/mol. The van der Waals surface area contributed by atoms with Gasteiger partial charge in [0.25, 0.3) is 5.91 Å². The Morgan fingerprint density at radius 3 is 2.50 bits per heavy atom. The van der Waals surface area contributed by atoms with Crippen LogP contribution in [-0.2, 0) is 9.59 Å². The standard InChI is InChI=1S/C23H24FN3O3/c1-30-17-11-9-16(10-12-17)21-22(29)27(23(26-21)13-5-2-6-14-23)15-20(28)25-19-8-4-3-7-18(19)24/h3-4,7-12H,2,5-6,13-15H2,1H3,(H,25,28). The smallest absolute Gasteiger partial charge is 0.275 e. The lowest BCUT2D eigenvalue weighted by Gasteiger charge is -2.38. The lowest BCUT2D eigenvalue weighted by Crippen LogP contribution is -2.51. The molecule has 30 heavy (non-hydrogen) atoms. The first-order chi connectivity index (χ1) is 14.5. The third-order valence-corrected chi connectivity index (χ3v) is 5.74. The van der Waals surface area contributed by atoms with Gasteiger partial charge >= 0.3 is 0 Å². The number of hydrogen-bond acceptors (Lipinski definition) is 4. The Kier molecular flexibility index (Phi) is 5.53. The van der Waals surface area contributed by atoms with Gasteiger partial charge in [0, 0.05) is 5.56 Å². The molecule has 2 amide bonds. The molecular formula is C23H24FN3O3. The van der Waals surface area contributed by atoms with Gasteiger partial charge in [-0.2, -0.15) is 0 Å². The number of para-hydroxylation sites is 1. The first kappa shape index (κ1) is 20.1. The van der Waals surface area contributed by atoms with Crippen LogP contribution in [0.2, 0.25) is 0 Å². The predicted octanol–water partition coefficient (Wildman–Crippen LogP) is 3.76. The van der Waals surface area contributed by atoms with Crippen molar-refractivity contribution in [3.63, 3.8) is 0 Å². The predicted molar refractivity (Wildman–Crippen MR) is 112 cm³/mol. The molecule has 2 aliphatic rings. The number of carbonyl (C=O) groups is 2. The van der Waals surface area contributed by atoms with Gasteiger partial charge in [-0.1, -0.05) is 18.6 Å². The number of nitrogens with zero attached hydrogens (tertiary/aromatic N) is 2. The molecule has 0 atom stereocenters. The van der Waals surface area contributed by atoms with Crippen LogP contribution in [0.4, 0.5) is 10.1 Å². The summed E-state index contributed by atoms with van der Waals surface area (Å²) in [6, 6.07) is 13.1. The highest BCUT2D eigenvalue weighted by molar-refractivity contribution is 6.47. The summed E-state index contributed by atoms with van der Waals surface area (Å²) >= 11 is 0. The molecule has 1 N–H and O–H groups in total. The number of hydrogen-bond donors (Lipinski definition) is 1. The zero-order valence-corrected chi connectivity index (χ0v) is 16.9. The number of carbonyl (C=O) groups excluding carboxylic acids is 2. The topological polar surface area (TPSA) is 71.0 Å². The Morgan fingerprint density at radius 1 is 1.13 bits per heavy atom. The van der Waals surface area contributed by atoms with E-state index in [1.807, 2.05) is 0 Å². The van der Waals surface area contributed by atoms with E-state index in [4.69, 9.17) is 9.73 Å². The minimum Gasteiger partial charge on any atom is -0.497 e. The van der Waals surface area contributed by atoms with Crippen LogP contribution < -0.4 is 10.1 Å². The fourth-order valence-electron chi connectivity index (χ4n) is 4.18. The Balaban J connectivity index is 1.59. The van der Waals surface area contributed by atoms with Crippen molar-refractivity contribution in [2.45, 2.75) is 37.8 Å². The van der Waals surface area contributed by atoms with Crippen molar-refractivity contribution in [3.05, 3.63) is 59.9 Å². The molecule has 1 spiro atoms. The number of aliphatic imine (C=N–C) groups is 1. The molecule has 2 aromatic rings. The van der Waals surface area contributed by atoms with Crippen LogP contribution in [0, 0.1) is 5.82 Å². The number of ether oxygens (including phenoxy) is 1. The quantitative estimate of drug-likeness (QED) is 0.817. The van der Waals surface area contributed by atoms with Gasteiger partial charge in [0.1, 0.15) is 29.5 Å². The Labute approximate surface area is 174 Å². The van der Waals surface area contributed by atoms with E-state index < -0.39 is 17.4 Å². The summed E-state index contributed by atoms with van der Waals surface area (Å²) < 4.78 is 19.1. The Hall–Kier alpha value is -3.22. The number of benzene rings is 2. The summed E-state index contributed by atoms with van der Waals surface area (Å²) in [5, 5.41) is 2.57. The Morgan fingerprint density at radius 2 is 1.83 bits per heavy atom. The number of nitrogens with one attached hydrogen (secondary N) is 1. The molecule has 0 bridgehead atoms. The van der Waals surface area contributed by atoms with Gasteiger partial charge in [0.15, 0.2) is 0 Å². The molecule has 4 rings (SSSR count). The van der Waals surface area contributed by atoms with Crippen molar-refractivity contribution in [2.24, 2.45) is 4.99 Å². The maximum atomic E-state index is 13.9. The molecule has 1 saturated carbocycles. The molecule has 1 fully saturated rings. The van der Waals surface area contributed by atoms with Crippen LogP contribution in [-0.4, -0.2) is 41.7 Å². The second-order valence-electron chi connectivity index (χ2n) is 7.65. The van der Waals surface area contributed by atoms with Crippen molar-refractivity contribution in [1.82, 2.24) is 4.90 Å². The van der Waals surface area contributed by atoms with Gasteiger partial charge in [-0.25, -0.2) is 4.39 Å². The maximum absolute atomic E-state index is 13.9. The van der Waals surface area contributed by atoms with Gasteiger partial charge in [-0.05, 0) is 62.1 Å². The Bertz CT molecular complexity index is 981. The molecule has 0 aromatic heterocycles. The molecular weight excluding hydrogens is 385 g/mol. The summed E-state index contributed by atoms with van der Waals surface area (Å²) in [5.74, 6) is -0.533. The molecule has 6 nitrogen and oxygen atoms in total. The molecule has 0 saturated heterocycles. The molecule has 156 valence electrons. The SMILES string of the molecule is COc1ccc(C2=NC3(CCCCC3)N(CC(=O)Nc3ccccc3F)C2=O)cc1. The molecule has 0 radical (unpaired) electrons. The van der Waals surface area contributed by atoms with Crippen LogP contribution in [0.5, 0.6) is 5.75 Å². The normalized spacial score (nSPS) is 17.7. The molecule has 1 aliphatic heterocycles. The average Bonchev–Trinajstić information content (AvgIpc) is 3.02. The van der Waals surface area contributed by atoms with Crippen LogP contribution in [0.3, 0.4) is 0 Å². The third kappa shape index (κ3) is 3.79. The van der Waals surface area contributed by atoms with Crippen molar-refractivity contribution < 1.29 is 18.7 Å². The highest BCUT2D eigenvalue weighted by Crippen LogP contribution is 2.39. The van der Waals surface area contributed by atoms with Crippen molar-refractivity contribution in [3.8, 4) is 5.75 Å². The van der Waals surface area contributed by atoms with Crippen molar-refractivity contribution >= 4 is 23.2 Å². The number of halogens is 1. The van der Waals surface area contributed by atoms with E-state index in [0.717, 1.165) is 19.3 Å². The third-order valence-electron chi connectivity index (χ3n) is 5.74. The molecule has 1 aliphatic carbocycles. The van der Waals surface area contributed by atoms with Gasteiger partial charge in [0.2, 0.25) is 5.91 Å². The number of amides is 2. The molecule has 2 aromatic carbocycles. The number of methoxy groups -OCH3 is 1. The second kappa shape index (κ2) is 8.26. The molecule has 1 heterocycles. The minimum absolute atomic E-state index is 0.100. The lowest BCUT2D eigenvalue weighted by atomic mass is 9.88. The second-order valence-corrected chi connectivity index (χ2v) is 7.65. The van der Waals surface area contributed by atoms with Crippen LogP contribution >= 0.6 is 0 Å². The first-order valence-electron chi connectivity index (χ1n) is 10.1. The van der Waals surface area contributed by atoms with E-state index in [-0.39, 0.29) is 18.1 Å². The molecule has 7 heteroatoms. The van der Waals surface area contributed by atoms with Crippen LogP contribution in [0.1, 0.15) is 37.7 Å². The minimum atomic E-state index is -0.711. The largest absolute Gasteiger partial charge is 0.497 e. The zero-order valence-electron chi connectivity index (χ0n) is 16.9. The van der Waals surface area contributed by atoms with Crippen LogP contribution in [0.25, 0.3) is 0 Å². The number of anilines is 1. The lowest BCUT2D eigenvalue weighted by molar-refractivity contribution is -0.134. The highest BCUT2D eigenvalue weighted by atomic mass is 19.1. The van der Waals surface area contributed by atoms with Crippen LogP contribution in [0.15, 0.2) is 53.5 Å². The monoisotopic (exact) mass is 409 g/mol. The van der Waals surface area contributed by atoms with Crippen molar-refractivity contribution in [1.29, 1.82) is 0 Å². The zero-order chi connectivity index (χ0) is 21.1. The molecule has 0 unspecified atom stereocenters. The van der Waals surface area contributed by atoms with E-state index in [0.29, 0.717) is 29.9 Å². The van der Waals surface area contributed by atoms with Gasteiger partial charge < -0.3 is 15.0 Å². The highest BCUT2D eigenvalue weighted by Gasteiger charge is 2.48. The first-order valence-corrected chi connectivity index (χ1v) is 10.1. The summed E-state index contributed by atoms with van der Waals surface area (Å²) in [7, 11) is 1.58. The summed E-state index contributed by atoms with van der Waals surface area (Å²) in [6.45, 7) is -0.170. The van der Waals surface area contributed by atoms with Gasteiger partial charge in [0.05, 0.1) is 12.8 Å².